The Balaban J connectivity index is 1.78. The van der Waals surface area contributed by atoms with Gasteiger partial charge in [0.1, 0.15) is 5.52 Å². The van der Waals surface area contributed by atoms with E-state index in [1.165, 1.54) is 0 Å². The van der Waals surface area contributed by atoms with Crippen molar-refractivity contribution in [1.29, 1.82) is 0 Å². The summed E-state index contributed by atoms with van der Waals surface area (Å²) in [6.45, 7) is 5.88. The fourth-order valence-electron chi connectivity index (χ4n) is 1.91. The van der Waals surface area contributed by atoms with Crippen LogP contribution in [0.3, 0.4) is 0 Å². The number of nitrogens with one attached hydrogen (secondary N) is 1. The third-order valence-electron chi connectivity index (χ3n) is 2.75. The summed E-state index contributed by atoms with van der Waals surface area (Å²) >= 11 is 0. The van der Waals surface area contributed by atoms with Crippen LogP contribution >= 0.6 is 0 Å². The summed E-state index contributed by atoms with van der Waals surface area (Å²) in [6, 6.07) is 7.87. The van der Waals surface area contributed by atoms with Crippen LogP contribution in [0.25, 0.3) is 11.1 Å². The molecule has 1 aliphatic heterocycles. The number of nitrogens with zero attached hydrogens (tertiary/aromatic N) is 2. The standard InChI is InChI=1S/C12H14N3O/c1-2-4-11-10(3-1)14-12(16-11)9-15-7-5-13-6-8-15/h1-4,7,13H,5-6,8-9H2. The summed E-state index contributed by atoms with van der Waals surface area (Å²) < 4.78 is 5.68. The van der Waals surface area contributed by atoms with E-state index in [0.717, 1.165) is 43.2 Å². The van der Waals surface area contributed by atoms with Crippen molar-refractivity contribution in [2.24, 2.45) is 0 Å². The molecule has 1 fully saturated rings. The number of hydrogen-bond acceptors (Lipinski definition) is 4. The van der Waals surface area contributed by atoms with E-state index >= 15 is 0 Å². The fourth-order valence-corrected chi connectivity index (χ4v) is 1.91. The van der Waals surface area contributed by atoms with Crippen LogP contribution in [-0.2, 0) is 6.54 Å². The van der Waals surface area contributed by atoms with Gasteiger partial charge in [0.15, 0.2) is 5.58 Å². The Morgan fingerprint density at radius 2 is 2.31 bits per heavy atom. The number of para-hydroxylation sites is 2. The highest BCUT2D eigenvalue weighted by atomic mass is 16.3. The number of piperazine rings is 1. The molecule has 4 heteroatoms. The van der Waals surface area contributed by atoms with Gasteiger partial charge in [-0.25, -0.2) is 4.98 Å². The lowest BCUT2D eigenvalue weighted by molar-refractivity contribution is 0.261. The zero-order valence-electron chi connectivity index (χ0n) is 9.02. The molecule has 2 heterocycles. The van der Waals surface area contributed by atoms with Crippen molar-refractivity contribution in [2.75, 3.05) is 19.6 Å². The number of aromatic nitrogens is 1. The first-order chi connectivity index (χ1) is 7.92. The Morgan fingerprint density at radius 3 is 3.12 bits per heavy atom. The minimum Gasteiger partial charge on any atom is -0.439 e. The first-order valence-electron chi connectivity index (χ1n) is 5.54. The molecule has 0 spiro atoms. The predicted octanol–water partition coefficient (Wildman–Crippen LogP) is 1.39. The number of hydrogen-bond donors (Lipinski definition) is 1. The Hall–Kier alpha value is -1.39. The number of oxazole rings is 1. The zero-order chi connectivity index (χ0) is 10.8. The molecule has 1 N–H and O–H groups in total. The van der Waals surface area contributed by atoms with E-state index in [-0.39, 0.29) is 0 Å². The van der Waals surface area contributed by atoms with Gasteiger partial charge < -0.3 is 9.73 Å². The Morgan fingerprint density at radius 1 is 1.38 bits per heavy atom. The molecule has 1 aliphatic rings. The topological polar surface area (TPSA) is 41.3 Å². The molecule has 0 amide bonds. The van der Waals surface area contributed by atoms with Gasteiger partial charge in [0, 0.05) is 26.2 Å². The minimum atomic E-state index is 0.760. The van der Waals surface area contributed by atoms with E-state index in [0.29, 0.717) is 0 Å². The van der Waals surface area contributed by atoms with Gasteiger partial charge in [-0.3, -0.25) is 4.90 Å². The molecule has 0 saturated carbocycles. The zero-order valence-corrected chi connectivity index (χ0v) is 9.02. The van der Waals surface area contributed by atoms with E-state index in [1.807, 2.05) is 24.3 Å². The van der Waals surface area contributed by atoms with Crippen molar-refractivity contribution < 1.29 is 4.42 Å². The lowest BCUT2D eigenvalue weighted by Crippen LogP contribution is -2.39. The molecule has 83 valence electrons. The maximum Gasteiger partial charge on any atom is 0.209 e. The molecule has 0 bridgehead atoms. The largest absolute Gasteiger partial charge is 0.439 e. The highest BCUT2D eigenvalue weighted by molar-refractivity contribution is 5.72. The second-order valence-corrected chi connectivity index (χ2v) is 3.93. The van der Waals surface area contributed by atoms with Crippen LogP contribution in [0.5, 0.6) is 0 Å². The second-order valence-electron chi connectivity index (χ2n) is 3.93. The van der Waals surface area contributed by atoms with Crippen LogP contribution in [0.2, 0.25) is 0 Å². The van der Waals surface area contributed by atoms with E-state index < -0.39 is 0 Å². The van der Waals surface area contributed by atoms with E-state index in [9.17, 15) is 0 Å². The second kappa shape index (κ2) is 4.23. The molecule has 1 aromatic heterocycles. The van der Waals surface area contributed by atoms with Crippen molar-refractivity contribution in [3.63, 3.8) is 0 Å². The van der Waals surface area contributed by atoms with Crippen LogP contribution in [-0.4, -0.2) is 29.5 Å². The molecular formula is C12H14N3O. The number of rotatable bonds is 2. The van der Waals surface area contributed by atoms with Crippen molar-refractivity contribution in [1.82, 2.24) is 15.2 Å². The summed E-state index contributed by atoms with van der Waals surface area (Å²) in [5.41, 5.74) is 1.81. The Kier molecular flexibility index (Phi) is 2.60. The van der Waals surface area contributed by atoms with E-state index in [4.69, 9.17) is 4.42 Å². The van der Waals surface area contributed by atoms with Gasteiger partial charge >= 0.3 is 0 Å². The molecule has 1 radical (unpaired) electrons. The molecule has 2 aromatic rings. The quantitative estimate of drug-likeness (QED) is 0.823. The molecular weight excluding hydrogens is 202 g/mol. The lowest BCUT2D eigenvalue weighted by atomic mass is 10.3. The van der Waals surface area contributed by atoms with Crippen LogP contribution in [0, 0.1) is 6.54 Å². The Labute approximate surface area is 94.3 Å². The van der Waals surface area contributed by atoms with Crippen LogP contribution in [0.15, 0.2) is 28.7 Å². The fraction of sp³-hybridized carbons (Fsp3) is 0.333. The molecule has 0 atom stereocenters. The van der Waals surface area contributed by atoms with Crippen LogP contribution in [0.4, 0.5) is 0 Å². The first kappa shape index (κ1) is 9.81. The smallest absolute Gasteiger partial charge is 0.209 e. The SMILES string of the molecule is [CH]1CNCCN1Cc1nc2ccccc2o1. The third-order valence-corrected chi connectivity index (χ3v) is 2.75. The Bertz CT molecular complexity index is 441. The van der Waals surface area contributed by atoms with Gasteiger partial charge in [0.05, 0.1) is 6.54 Å². The number of fused-ring (bicyclic) bond motifs is 1. The van der Waals surface area contributed by atoms with Crippen LogP contribution < -0.4 is 5.32 Å². The van der Waals surface area contributed by atoms with Gasteiger partial charge in [0.2, 0.25) is 5.89 Å². The average molecular weight is 216 g/mol. The first-order valence-corrected chi connectivity index (χ1v) is 5.54. The molecule has 3 rings (SSSR count). The summed E-state index contributed by atoms with van der Waals surface area (Å²) in [5, 5.41) is 3.28. The molecule has 1 saturated heterocycles. The molecule has 0 aliphatic carbocycles. The van der Waals surface area contributed by atoms with Gasteiger partial charge in [-0.2, -0.15) is 0 Å². The van der Waals surface area contributed by atoms with Crippen molar-refractivity contribution in [3.05, 3.63) is 36.7 Å². The molecule has 1 aromatic carbocycles. The van der Waals surface area contributed by atoms with Crippen LogP contribution in [0.1, 0.15) is 5.89 Å². The number of benzene rings is 1. The summed E-state index contributed by atoms with van der Waals surface area (Å²) in [5.74, 6) is 0.791. The van der Waals surface area contributed by atoms with Gasteiger partial charge in [0.25, 0.3) is 0 Å². The summed E-state index contributed by atoms with van der Waals surface area (Å²) in [6.07, 6.45) is 0. The lowest BCUT2D eigenvalue weighted by Gasteiger charge is -2.24. The van der Waals surface area contributed by atoms with Crippen molar-refractivity contribution in [3.8, 4) is 0 Å². The van der Waals surface area contributed by atoms with E-state index in [2.05, 4.69) is 21.7 Å². The van der Waals surface area contributed by atoms with Gasteiger partial charge in [-0.05, 0) is 12.1 Å². The maximum atomic E-state index is 5.68. The highest BCUT2D eigenvalue weighted by Crippen LogP contribution is 2.16. The van der Waals surface area contributed by atoms with Crippen molar-refractivity contribution in [2.45, 2.75) is 6.54 Å². The molecule has 0 unspecified atom stereocenters. The predicted molar refractivity (Wildman–Crippen MR) is 61.6 cm³/mol. The average Bonchev–Trinajstić information content (AvgIpc) is 2.72. The monoisotopic (exact) mass is 216 g/mol. The molecule has 4 nitrogen and oxygen atoms in total. The third kappa shape index (κ3) is 1.94. The maximum absolute atomic E-state index is 5.68. The summed E-state index contributed by atoms with van der Waals surface area (Å²) in [4.78, 5) is 6.70. The molecule has 16 heavy (non-hydrogen) atoms. The highest BCUT2D eigenvalue weighted by Gasteiger charge is 2.13. The summed E-state index contributed by atoms with van der Waals surface area (Å²) in [7, 11) is 0. The van der Waals surface area contributed by atoms with Gasteiger partial charge in [-0.15, -0.1) is 0 Å². The van der Waals surface area contributed by atoms with Crippen molar-refractivity contribution >= 4 is 11.1 Å². The minimum absolute atomic E-state index is 0.760. The normalized spacial score (nSPS) is 18.0. The van der Waals surface area contributed by atoms with Gasteiger partial charge in [-0.1, -0.05) is 12.1 Å². The van der Waals surface area contributed by atoms with E-state index in [1.54, 1.807) is 0 Å².